The molecule has 0 aromatic carbocycles. The molecule has 1 aliphatic rings. The largest absolute Gasteiger partial charge is 0.495 e. The third-order valence-electron chi connectivity index (χ3n) is 4.52. The van der Waals surface area contributed by atoms with Gasteiger partial charge in [0.15, 0.2) is 0 Å². The molecule has 2 aromatic rings. The van der Waals surface area contributed by atoms with E-state index in [0.717, 1.165) is 5.46 Å². The Kier molecular flexibility index (Phi) is 3.30. The first-order valence-corrected chi connectivity index (χ1v) is 7.17. The van der Waals surface area contributed by atoms with E-state index < -0.39 is 24.3 Å². The number of rotatable bonds is 2. The van der Waals surface area contributed by atoms with Crippen LogP contribution in [0.2, 0.25) is 0 Å². The number of nitrogens with zero attached hydrogens (tertiary/aromatic N) is 1. The summed E-state index contributed by atoms with van der Waals surface area (Å²) in [7, 11) is 0.793. The number of esters is 1. The lowest BCUT2D eigenvalue weighted by Crippen LogP contribution is -2.41. The molecule has 0 atom stereocenters. The molecule has 2 aromatic heterocycles. The van der Waals surface area contributed by atoms with Gasteiger partial charge in [-0.1, -0.05) is 0 Å². The molecular weight excluding hydrogens is 283 g/mol. The van der Waals surface area contributed by atoms with Crippen LogP contribution >= 0.6 is 0 Å². The number of aromatic amines is 1. The lowest BCUT2D eigenvalue weighted by Gasteiger charge is -2.32. The van der Waals surface area contributed by atoms with Crippen LogP contribution in [-0.2, 0) is 14.0 Å². The van der Waals surface area contributed by atoms with Crippen LogP contribution in [0, 0.1) is 0 Å². The highest BCUT2D eigenvalue weighted by molar-refractivity contribution is 6.65. The molecular formula is C15H19BN2O4. The van der Waals surface area contributed by atoms with E-state index in [1.54, 1.807) is 12.4 Å². The number of H-pyrrole nitrogens is 1. The molecule has 0 radical (unpaired) electrons. The molecule has 116 valence electrons. The summed E-state index contributed by atoms with van der Waals surface area (Å²) in [6.45, 7) is 7.96. The highest BCUT2D eigenvalue weighted by atomic mass is 16.7. The number of carbonyl (C=O) groups excluding carboxylic acids is 1. The normalized spacial score (nSPS) is 19.6. The number of nitrogens with one attached hydrogen (secondary N) is 1. The Balaban J connectivity index is 2.12. The van der Waals surface area contributed by atoms with Crippen LogP contribution in [0.15, 0.2) is 18.5 Å². The highest BCUT2D eigenvalue weighted by Gasteiger charge is 2.52. The van der Waals surface area contributed by atoms with Crippen LogP contribution in [0.5, 0.6) is 0 Å². The minimum Gasteiger partial charge on any atom is -0.465 e. The van der Waals surface area contributed by atoms with Crippen LogP contribution in [0.1, 0.15) is 38.1 Å². The molecule has 3 rings (SSSR count). The molecule has 0 unspecified atom stereocenters. The Morgan fingerprint density at radius 2 is 1.91 bits per heavy atom. The molecule has 0 bridgehead atoms. The molecule has 7 heteroatoms. The zero-order chi connectivity index (χ0) is 16.1. The quantitative estimate of drug-likeness (QED) is 0.674. The zero-order valence-corrected chi connectivity index (χ0v) is 13.4. The molecule has 0 spiro atoms. The summed E-state index contributed by atoms with van der Waals surface area (Å²) in [5.41, 5.74) is 0.900. The number of aromatic nitrogens is 2. The van der Waals surface area contributed by atoms with Crippen molar-refractivity contribution in [3.05, 3.63) is 24.0 Å². The first-order valence-electron chi connectivity index (χ1n) is 7.17. The molecule has 0 aliphatic carbocycles. The molecule has 1 fully saturated rings. The lowest BCUT2D eigenvalue weighted by atomic mass is 9.77. The topological polar surface area (TPSA) is 73.4 Å². The average molecular weight is 302 g/mol. The number of ether oxygens (including phenoxy) is 1. The van der Waals surface area contributed by atoms with E-state index in [0.29, 0.717) is 16.6 Å². The summed E-state index contributed by atoms with van der Waals surface area (Å²) in [4.78, 5) is 19.2. The zero-order valence-electron chi connectivity index (χ0n) is 13.4. The minimum absolute atomic E-state index is 0.419. The number of methoxy groups -OCH3 is 1. The predicted molar refractivity (Wildman–Crippen MR) is 83.1 cm³/mol. The van der Waals surface area contributed by atoms with E-state index in [1.165, 1.54) is 7.11 Å². The van der Waals surface area contributed by atoms with Gasteiger partial charge in [0.2, 0.25) is 0 Å². The van der Waals surface area contributed by atoms with Gasteiger partial charge in [0.25, 0.3) is 0 Å². The van der Waals surface area contributed by atoms with Gasteiger partial charge in [-0.3, -0.25) is 0 Å². The predicted octanol–water partition coefficient (Wildman–Crippen LogP) is 1.65. The van der Waals surface area contributed by atoms with E-state index in [4.69, 9.17) is 14.0 Å². The van der Waals surface area contributed by atoms with Gasteiger partial charge in [-0.2, -0.15) is 0 Å². The molecule has 1 N–H and O–H groups in total. The summed E-state index contributed by atoms with van der Waals surface area (Å²) in [5, 5.41) is 0.674. The van der Waals surface area contributed by atoms with Gasteiger partial charge >= 0.3 is 13.1 Å². The molecule has 0 amide bonds. The van der Waals surface area contributed by atoms with Gasteiger partial charge in [0, 0.05) is 17.8 Å². The molecule has 3 heterocycles. The van der Waals surface area contributed by atoms with Crippen molar-refractivity contribution >= 4 is 29.6 Å². The Morgan fingerprint density at radius 3 is 2.50 bits per heavy atom. The summed E-state index contributed by atoms with van der Waals surface area (Å²) in [5.74, 6) is -0.419. The third kappa shape index (κ3) is 2.12. The number of hydrogen-bond donors (Lipinski definition) is 1. The van der Waals surface area contributed by atoms with Gasteiger partial charge in [0.1, 0.15) is 5.65 Å². The van der Waals surface area contributed by atoms with Gasteiger partial charge in [-0.15, -0.1) is 0 Å². The van der Waals surface area contributed by atoms with Gasteiger partial charge < -0.3 is 19.0 Å². The second kappa shape index (κ2) is 4.82. The van der Waals surface area contributed by atoms with E-state index in [-0.39, 0.29) is 0 Å². The summed E-state index contributed by atoms with van der Waals surface area (Å²) in [6, 6.07) is 1.81. The van der Waals surface area contributed by atoms with E-state index in [9.17, 15) is 4.79 Å². The van der Waals surface area contributed by atoms with Gasteiger partial charge in [-0.25, -0.2) is 9.78 Å². The standard InChI is InChI=1S/C15H19BN2O4/c1-14(2)15(3,4)22-16(21-14)10-6-7-17-12-11(10)9(8-18-12)13(19)20-5/h6-8H,1-5H3,(H,17,18). The number of fused-ring (bicyclic) bond motifs is 1. The SMILES string of the molecule is COC(=O)c1c[nH]c2nccc(B3OC(C)(C)C(C)(C)O3)c12. The molecule has 1 aliphatic heterocycles. The third-order valence-corrected chi connectivity index (χ3v) is 4.52. The smallest absolute Gasteiger partial charge is 0.465 e. The van der Waals surface area contributed by atoms with Crippen LogP contribution < -0.4 is 5.46 Å². The van der Waals surface area contributed by atoms with Crippen LogP contribution in [0.25, 0.3) is 11.0 Å². The fourth-order valence-corrected chi connectivity index (χ4v) is 2.52. The van der Waals surface area contributed by atoms with Crippen molar-refractivity contribution in [3.63, 3.8) is 0 Å². The minimum atomic E-state index is -0.560. The maximum absolute atomic E-state index is 12.0. The summed E-state index contributed by atoms with van der Waals surface area (Å²) < 4.78 is 17.0. The monoisotopic (exact) mass is 302 g/mol. The van der Waals surface area contributed by atoms with Crippen molar-refractivity contribution in [2.45, 2.75) is 38.9 Å². The van der Waals surface area contributed by atoms with E-state index in [2.05, 4.69) is 9.97 Å². The van der Waals surface area contributed by atoms with Crippen molar-refractivity contribution in [2.75, 3.05) is 7.11 Å². The molecule has 1 saturated heterocycles. The first kappa shape index (κ1) is 15.1. The van der Waals surface area contributed by atoms with Gasteiger partial charge in [-0.05, 0) is 39.2 Å². The van der Waals surface area contributed by atoms with Crippen molar-refractivity contribution < 1.29 is 18.8 Å². The van der Waals surface area contributed by atoms with Crippen LogP contribution in [-0.4, -0.2) is 41.4 Å². The second-order valence-corrected chi connectivity index (χ2v) is 6.41. The fraction of sp³-hybridized carbons (Fsp3) is 0.467. The van der Waals surface area contributed by atoms with Crippen molar-refractivity contribution in [3.8, 4) is 0 Å². The van der Waals surface area contributed by atoms with E-state index >= 15 is 0 Å². The van der Waals surface area contributed by atoms with Crippen molar-refractivity contribution in [2.24, 2.45) is 0 Å². The Labute approximate surface area is 129 Å². The highest BCUT2D eigenvalue weighted by Crippen LogP contribution is 2.37. The number of hydrogen-bond acceptors (Lipinski definition) is 5. The maximum Gasteiger partial charge on any atom is 0.495 e. The average Bonchev–Trinajstić information content (AvgIpc) is 2.97. The maximum atomic E-state index is 12.0. The van der Waals surface area contributed by atoms with Crippen molar-refractivity contribution in [1.82, 2.24) is 9.97 Å². The Morgan fingerprint density at radius 1 is 1.27 bits per heavy atom. The number of pyridine rings is 1. The molecule has 0 saturated carbocycles. The number of carbonyl (C=O) groups is 1. The summed E-state index contributed by atoms with van der Waals surface area (Å²) in [6.07, 6.45) is 3.26. The van der Waals surface area contributed by atoms with Crippen LogP contribution in [0.4, 0.5) is 0 Å². The Bertz CT molecular complexity index is 722. The van der Waals surface area contributed by atoms with Gasteiger partial charge in [0.05, 0.1) is 23.9 Å². The molecule has 6 nitrogen and oxygen atoms in total. The fourth-order valence-electron chi connectivity index (χ4n) is 2.52. The van der Waals surface area contributed by atoms with E-state index in [1.807, 2.05) is 33.8 Å². The first-order chi connectivity index (χ1) is 10.3. The molecule has 22 heavy (non-hydrogen) atoms. The van der Waals surface area contributed by atoms with Crippen molar-refractivity contribution in [1.29, 1.82) is 0 Å². The summed E-state index contributed by atoms with van der Waals surface area (Å²) >= 11 is 0. The van der Waals surface area contributed by atoms with Crippen LogP contribution in [0.3, 0.4) is 0 Å². The lowest BCUT2D eigenvalue weighted by molar-refractivity contribution is 0.00578. The Hall–Kier alpha value is -1.86. The second-order valence-electron chi connectivity index (χ2n) is 6.41.